The highest BCUT2D eigenvalue weighted by Gasteiger charge is 2.42. The largest absolute Gasteiger partial charge is 0.342 e. The zero-order valence-corrected chi connectivity index (χ0v) is 20.9. The molecule has 34 heavy (non-hydrogen) atoms. The molecular formula is C30H41N3O. The van der Waals surface area contributed by atoms with Crippen molar-refractivity contribution in [3.8, 4) is 0 Å². The topological polar surface area (TPSA) is 26.8 Å². The molecule has 1 aromatic carbocycles. The van der Waals surface area contributed by atoms with Crippen molar-refractivity contribution in [2.45, 2.75) is 70.0 Å². The van der Waals surface area contributed by atoms with Crippen molar-refractivity contribution < 1.29 is 4.79 Å². The Bertz CT molecular complexity index is 944. The Kier molecular flexibility index (Phi) is 7.36. The molecule has 0 aromatic heterocycles. The second-order valence-electron chi connectivity index (χ2n) is 10.6. The average Bonchev–Trinajstić information content (AvgIpc) is 3.50. The first kappa shape index (κ1) is 23.6. The number of fused-ring (bicyclic) bond motifs is 2. The Labute approximate surface area is 206 Å². The molecule has 5 rings (SSSR count). The predicted octanol–water partition coefficient (Wildman–Crippen LogP) is 5.14. The summed E-state index contributed by atoms with van der Waals surface area (Å²) in [6.45, 7) is 11.4. The van der Waals surface area contributed by atoms with Gasteiger partial charge >= 0.3 is 0 Å². The van der Waals surface area contributed by atoms with Gasteiger partial charge in [-0.1, -0.05) is 55.5 Å². The zero-order valence-electron chi connectivity index (χ0n) is 20.9. The van der Waals surface area contributed by atoms with Crippen LogP contribution in [0.4, 0.5) is 0 Å². The molecule has 4 aliphatic rings. The van der Waals surface area contributed by atoms with E-state index >= 15 is 0 Å². The third-order valence-corrected chi connectivity index (χ3v) is 8.46. The van der Waals surface area contributed by atoms with E-state index < -0.39 is 0 Å². The minimum Gasteiger partial charge on any atom is -0.342 e. The van der Waals surface area contributed by atoms with E-state index in [1.807, 2.05) is 0 Å². The lowest BCUT2D eigenvalue weighted by Gasteiger charge is -2.38. The van der Waals surface area contributed by atoms with Crippen LogP contribution in [-0.2, 0) is 11.2 Å². The SMILES string of the molecule is C=CCN1CCC2CCC(C1)N2C(C1=CCC(C(=O)N2CCCC2)C=C1)c1cccc(CC)c1. The van der Waals surface area contributed by atoms with Gasteiger partial charge in [0.15, 0.2) is 0 Å². The van der Waals surface area contributed by atoms with E-state index in [4.69, 9.17) is 0 Å². The number of carbonyl (C=O) groups is 1. The van der Waals surface area contributed by atoms with Crippen LogP contribution in [0.25, 0.3) is 0 Å². The quantitative estimate of drug-likeness (QED) is 0.528. The highest BCUT2D eigenvalue weighted by Crippen LogP contribution is 2.43. The minimum atomic E-state index is 0.00779. The molecule has 1 aliphatic carbocycles. The van der Waals surface area contributed by atoms with Crippen molar-refractivity contribution in [2.24, 2.45) is 5.92 Å². The lowest BCUT2D eigenvalue weighted by Crippen LogP contribution is -2.42. The van der Waals surface area contributed by atoms with Gasteiger partial charge in [-0.05, 0) is 61.6 Å². The molecule has 0 saturated carbocycles. The first-order valence-corrected chi connectivity index (χ1v) is 13.5. The fourth-order valence-corrected chi connectivity index (χ4v) is 6.67. The Morgan fingerprint density at radius 3 is 2.71 bits per heavy atom. The molecule has 0 spiro atoms. The molecule has 3 aliphatic heterocycles. The number of nitrogens with zero attached hydrogens (tertiary/aromatic N) is 3. The van der Waals surface area contributed by atoms with Gasteiger partial charge in [0.25, 0.3) is 0 Å². The lowest BCUT2D eigenvalue weighted by molar-refractivity contribution is -0.132. The van der Waals surface area contributed by atoms with Crippen molar-refractivity contribution in [1.82, 2.24) is 14.7 Å². The normalized spacial score (nSPS) is 28.6. The van der Waals surface area contributed by atoms with E-state index in [1.165, 1.54) is 36.0 Å². The maximum absolute atomic E-state index is 13.0. The summed E-state index contributed by atoms with van der Waals surface area (Å²) in [6, 6.07) is 10.7. The van der Waals surface area contributed by atoms with Crippen LogP contribution < -0.4 is 0 Å². The summed E-state index contributed by atoms with van der Waals surface area (Å²) in [7, 11) is 0. The number of hydrogen-bond acceptors (Lipinski definition) is 3. The minimum absolute atomic E-state index is 0.00779. The molecule has 1 aromatic rings. The Hall–Kier alpha value is -2.17. The Balaban J connectivity index is 1.43. The Morgan fingerprint density at radius 2 is 1.97 bits per heavy atom. The van der Waals surface area contributed by atoms with Crippen molar-refractivity contribution in [3.63, 3.8) is 0 Å². The van der Waals surface area contributed by atoms with Gasteiger partial charge < -0.3 is 4.90 Å². The van der Waals surface area contributed by atoms with Crippen LogP contribution in [-0.4, -0.2) is 65.4 Å². The highest BCUT2D eigenvalue weighted by molar-refractivity contribution is 5.81. The molecule has 0 N–H and O–H groups in total. The molecule has 4 heteroatoms. The maximum atomic E-state index is 13.0. The first-order chi connectivity index (χ1) is 16.7. The van der Waals surface area contributed by atoms with Gasteiger partial charge in [0, 0.05) is 44.8 Å². The van der Waals surface area contributed by atoms with Gasteiger partial charge in [0.2, 0.25) is 5.91 Å². The second-order valence-corrected chi connectivity index (χ2v) is 10.6. The number of carbonyl (C=O) groups excluding carboxylic acids is 1. The number of amides is 1. The summed E-state index contributed by atoms with van der Waals surface area (Å²) in [5.41, 5.74) is 4.20. The summed E-state index contributed by atoms with van der Waals surface area (Å²) in [6.07, 6.45) is 16.9. The van der Waals surface area contributed by atoms with Crippen LogP contribution in [0.2, 0.25) is 0 Å². The molecule has 182 valence electrons. The molecule has 3 saturated heterocycles. The molecule has 3 fully saturated rings. The van der Waals surface area contributed by atoms with Crippen molar-refractivity contribution in [2.75, 3.05) is 32.7 Å². The van der Waals surface area contributed by atoms with Gasteiger partial charge in [-0.3, -0.25) is 14.6 Å². The van der Waals surface area contributed by atoms with Crippen LogP contribution in [0.5, 0.6) is 0 Å². The molecule has 4 nitrogen and oxygen atoms in total. The number of allylic oxidation sites excluding steroid dienone is 1. The van der Waals surface area contributed by atoms with Crippen LogP contribution in [0.3, 0.4) is 0 Å². The van der Waals surface area contributed by atoms with E-state index in [9.17, 15) is 4.79 Å². The fourth-order valence-electron chi connectivity index (χ4n) is 6.67. The summed E-state index contributed by atoms with van der Waals surface area (Å²) in [5.74, 6) is 0.330. The molecule has 0 radical (unpaired) electrons. The summed E-state index contributed by atoms with van der Waals surface area (Å²) < 4.78 is 0. The summed E-state index contributed by atoms with van der Waals surface area (Å²) in [5, 5.41) is 0. The van der Waals surface area contributed by atoms with Crippen LogP contribution >= 0.6 is 0 Å². The smallest absolute Gasteiger partial charge is 0.229 e. The fraction of sp³-hybridized carbons (Fsp3) is 0.567. The number of rotatable bonds is 7. The second kappa shape index (κ2) is 10.6. The Morgan fingerprint density at radius 1 is 1.15 bits per heavy atom. The summed E-state index contributed by atoms with van der Waals surface area (Å²) >= 11 is 0. The summed E-state index contributed by atoms with van der Waals surface area (Å²) in [4.78, 5) is 20.5. The van der Waals surface area contributed by atoms with Gasteiger partial charge in [-0.15, -0.1) is 6.58 Å². The average molecular weight is 460 g/mol. The van der Waals surface area contributed by atoms with Crippen molar-refractivity contribution >= 4 is 5.91 Å². The van der Waals surface area contributed by atoms with Crippen LogP contribution in [0, 0.1) is 5.92 Å². The highest BCUT2D eigenvalue weighted by atomic mass is 16.2. The third kappa shape index (κ3) is 4.81. The lowest BCUT2D eigenvalue weighted by atomic mass is 9.87. The van der Waals surface area contributed by atoms with Crippen LogP contribution in [0.1, 0.15) is 62.6 Å². The third-order valence-electron chi connectivity index (χ3n) is 8.46. The molecular weight excluding hydrogens is 418 g/mol. The van der Waals surface area contributed by atoms with Gasteiger partial charge in [0.05, 0.1) is 12.0 Å². The first-order valence-electron chi connectivity index (χ1n) is 13.5. The zero-order chi connectivity index (χ0) is 23.5. The maximum Gasteiger partial charge on any atom is 0.229 e. The predicted molar refractivity (Wildman–Crippen MR) is 140 cm³/mol. The molecule has 2 bridgehead atoms. The van der Waals surface area contributed by atoms with Gasteiger partial charge in [-0.2, -0.15) is 0 Å². The van der Waals surface area contributed by atoms with E-state index in [2.05, 4.69) is 76.8 Å². The molecule has 3 heterocycles. The number of aryl methyl sites for hydroxylation is 1. The van der Waals surface area contributed by atoms with Gasteiger partial charge in [-0.25, -0.2) is 0 Å². The molecule has 4 unspecified atom stereocenters. The van der Waals surface area contributed by atoms with E-state index in [0.29, 0.717) is 18.0 Å². The van der Waals surface area contributed by atoms with E-state index in [0.717, 1.165) is 58.4 Å². The number of hydrogen-bond donors (Lipinski definition) is 0. The number of benzene rings is 1. The van der Waals surface area contributed by atoms with Crippen molar-refractivity contribution in [3.05, 3.63) is 71.8 Å². The molecule has 4 atom stereocenters. The van der Waals surface area contributed by atoms with Crippen molar-refractivity contribution in [1.29, 1.82) is 0 Å². The van der Waals surface area contributed by atoms with Gasteiger partial charge in [0.1, 0.15) is 0 Å². The van der Waals surface area contributed by atoms with Crippen LogP contribution in [0.15, 0.2) is 60.7 Å². The standard InChI is InChI=1S/C30H41N3O/c1-3-17-31-20-16-27-14-15-28(22-31)33(27)29(26-9-7-8-23(4-2)21-26)24-10-12-25(13-11-24)30(34)32-18-5-6-19-32/h3,7-12,21,25,27-29H,1,4-6,13-20,22H2,2H3. The number of likely N-dealkylation sites (tertiary alicyclic amines) is 2. The molecule has 1 amide bonds. The van der Waals surface area contributed by atoms with E-state index in [-0.39, 0.29) is 12.0 Å². The van der Waals surface area contributed by atoms with E-state index in [1.54, 1.807) is 0 Å². The monoisotopic (exact) mass is 459 g/mol.